The molecule has 6 nitrogen and oxygen atoms in total. The Kier molecular flexibility index (Phi) is 4.48. The summed E-state index contributed by atoms with van der Waals surface area (Å²) in [5, 5.41) is 8.97. The number of benzene rings is 2. The van der Waals surface area contributed by atoms with E-state index >= 15 is 0 Å². The van der Waals surface area contributed by atoms with Crippen LogP contribution in [-0.2, 0) is 0 Å². The summed E-state index contributed by atoms with van der Waals surface area (Å²) in [6.07, 6.45) is 4.91. The molecule has 2 aromatic carbocycles. The summed E-state index contributed by atoms with van der Waals surface area (Å²) in [6, 6.07) is 15.6. The molecule has 2 aromatic heterocycles. The summed E-state index contributed by atoms with van der Waals surface area (Å²) in [5.74, 6) is -0.201. The van der Waals surface area contributed by atoms with Gasteiger partial charge >= 0.3 is 0 Å². The molecule has 29 heavy (non-hydrogen) atoms. The topological polar surface area (TPSA) is 75.5 Å². The van der Waals surface area contributed by atoms with Crippen molar-refractivity contribution in [3.8, 4) is 0 Å². The summed E-state index contributed by atoms with van der Waals surface area (Å²) in [5.41, 5.74) is 1.24. The first-order chi connectivity index (χ1) is 14.2. The molecule has 1 aliphatic heterocycles. The van der Waals surface area contributed by atoms with Gasteiger partial charge in [-0.05, 0) is 60.8 Å². The van der Waals surface area contributed by atoms with E-state index in [-0.39, 0.29) is 11.5 Å². The van der Waals surface area contributed by atoms with Crippen molar-refractivity contribution < 1.29 is 4.79 Å². The Morgan fingerprint density at radius 2 is 2.00 bits per heavy atom. The summed E-state index contributed by atoms with van der Waals surface area (Å²) in [7, 11) is 0. The summed E-state index contributed by atoms with van der Waals surface area (Å²) in [6.45, 7) is 1.65. The van der Waals surface area contributed by atoms with E-state index in [0.717, 1.165) is 30.2 Å². The van der Waals surface area contributed by atoms with Gasteiger partial charge in [-0.3, -0.25) is 14.0 Å². The van der Waals surface area contributed by atoms with Crippen molar-refractivity contribution in [2.45, 2.75) is 25.3 Å². The highest BCUT2D eigenvalue weighted by Gasteiger charge is 2.17. The molecule has 3 heterocycles. The van der Waals surface area contributed by atoms with Gasteiger partial charge in [0.1, 0.15) is 0 Å². The van der Waals surface area contributed by atoms with Crippen molar-refractivity contribution >= 4 is 33.2 Å². The zero-order valence-electron chi connectivity index (χ0n) is 16.0. The Hall–Kier alpha value is -3.25. The van der Waals surface area contributed by atoms with Crippen LogP contribution in [0.2, 0.25) is 0 Å². The second-order valence-electron chi connectivity index (χ2n) is 7.59. The molecule has 1 amide bonds. The number of hydrogen-bond acceptors (Lipinski definition) is 4. The van der Waals surface area contributed by atoms with Gasteiger partial charge in [0.25, 0.3) is 11.5 Å². The van der Waals surface area contributed by atoms with E-state index in [1.54, 1.807) is 18.3 Å². The van der Waals surface area contributed by atoms with Crippen molar-refractivity contribution in [1.29, 1.82) is 0 Å². The van der Waals surface area contributed by atoms with Crippen LogP contribution in [0.5, 0.6) is 0 Å². The highest BCUT2D eigenvalue weighted by atomic mass is 16.1. The standard InChI is InChI=1S/C23H22N4O2/c28-22(25-11-9-17-7-3-10-24-17)18-8-4-12-27-21(18)26-20-14-16-6-2-1-5-15(16)13-19(20)23(27)29/h1-2,4-6,8,12-14,17,24H,3,7,9-11H2,(H,25,28). The van der Waals surface area contributed by atoms with E-state index in [1.807, 2.05) is 36.4 Å². The fourth-order valence-corrected chi connectivity index (χ4v) is 4.15. The Morgan fingerprint density at radius 3 is 2.79 bits per heavy atom. The Bertz CT molecular complexity index is 1290. The summed E-state index contributed by atoms with van der Waals surface area (Å²) < 4.78 is 1.46. The number of rotatable bonds is 4. The van der Waals surface area contributed by atoms with Gasteiger partial charge in [-0.2, -0.15) is 0 Å². The molecule has 0 spiro atoms. The number of carbonyl (C=O) groups is 1. The predicted octanol–water partition coefficient (Wildman–Crippen LogP) is 2.87. The van der Waals surface area contributed by atoms with E-state index in [4.69, 9.17) is 0 Å². The molecule has 1 aliphatic rings. The van der Waals surface area contributed by atoms with Crippen LogP contribution in [0.3, 0.4) is 0 Å². The number of pyridine rings is 1. The molecule has 2 N–H and O–H groups in total. The largest absolute Gasteiger partial charge is 0.352 e. The van der Waals surface area contributed by atoms with Crippen molar-refractivity contribution in [2.24, 2.45) is 0 Å². The molecule has 0 aliphatic carbocycles. The monoisotopic (exact) mass is 386 g/mol. The zero-order valence-corrected chi connectivity index (χ0v) is 16.0. The maximum Gasteiger partial charge on any atom is 0.265 e. The molecule has 0 saturated carbocycles. The smallest absolute Gasteiger partial charge is 0.265 e. The van der Waals surface area contributed by atoms with Gasteiger partial charge in [-0.1, -0.05) is 24.3 Å². The number of aromatic nitrogens is 2. The molecule has 0 bridgehead atoms. The van der Waals surface area contributed by atoms with Crippen LogP contribution in [0.4, 0.5) is 0 Å². The lowest BCUT2D eigenvalue weighted by Gasteiger charge is -2.12. The average molecular weight is 386 g/mol. The van der Waals surface area contributed by atoms with Crippen molar-refractivity contribution in [2.75, 3.05) is 13.1 Å². The Morgan fingerprint density at radius 1 is 1.17 bits per heavy atom. The molecule has 1 fully saturated rings. The lowest BCUT2D eigenvalue weighted by atomic mass is 10.1. The third-order valence-electron chi connectivity index (χ3n) is 5.69. The summed E-state index contributed by atoms with van der Waals surface area (Å²) in [4.78, 5) is 30.6. The zero-order chi connectivity index (χ0) is 19.8. The third-order valence-corrected chi connectivity index (χ3v) is 5.69. The molecule has 0 radical (unpaired) electrons. The summed E-state index contributed by atoms with van der Waals surface area (Å²) >= 11 is 0. The fourth-order valence-electron chi connectivity index (χ4n) is 4.15. The minimum atomic E-state index is -0.201. The number of fused-ring (bicyclic) bond motifs is 3. The maximum atomic E-state index is 13.1. The van der Waals surface area contributed by atoms with Gasteiger partial charge in [-0.15, -0.1) is 0 Å². The predicted molar refractivity (Wildman–Crippen MR) is 114 cm³/mol. The van der Waals surface area contributed by atoms with Crippen molar-refractivity contribution in [3.63, 3.8) is 0 Å². The van der Waals surface area contributed by atoms with E-state index in [1.165, 1.54) is 10.8 Å². The van der Waals surface area contributed by atoms with Crippen LogP contribution in [0.15, 0.2) is 59.5 Å². The van der Waals surface area contributed by atoms with Gasteiger partial charge in [-0.25, -0.2) is 4.98 Å². The maximum absolute atomic E-state index is 13.1. The van der Waals surface area contributed by atoms with Crippen molar-refractivity contribution in [3.05, 3.63) is 70.6 Å². The lowest BCUT2D eigenvalue weighted by Crippen LogP contribution is -2.31. The second kappa shape index (κ2) is 7.29. The average Bonchev–Trinajstić information content (AvgIpc) is 3.26. The minimum absolute atomic E-state index is 0.166. The minimum Gasteiger partial charge on any atom is -0.352 e. The van der Waals surface area contributed by atoms with Crippen LogP contribution in [0, 0.1) is 0 Å². The van der Waals surface area contributed by atoms with E-state index in [9.17, 15) is 9.59 Å². The number of nitrogens with zero attached hydrogens (tertiary/aromatic N) is 2. The van der Waals surface area contributed by atoms with E-state index in [0.29, 0.717) is 34.7 Å². The number of carbonyl (C=O) groups excluding carboxylic acids is 1. The highest BCUT2D eigenvalue weighted by Crippen LogP contribution is 2.20. The molecular weight excluding hydrogens is 364 g/mol. The number of hydrogen-bond donors (Lipinski definition) is 2. The molecule has 4 aromatic rings. The van der Waals surface area contributed by atoms with Crippen LogP contribution in [-0.4, -0.2) is 34.4 Å². The van der Waals surface area contributed by atoms with Crippen LogP contribution in [0.25, 0.3) is 27.3 Å². The first-order valence-corrected chi connectivity index (χ1v) is 10.1. The van der Waals surface area contributed by atoms with E-state index in [2.05, 4.69) is 15.6 Å². The lowest BCUT2D eigenvalue weighted by molar-refractivity contribution is 0.0953. The van der Waals surface area contributed by atoms with Gasteiger partial charge in [0.15, 0.2) is 5.65 Å². The quantitative estimate of drug-likeness (QED) is 0.529. The van der Waals surface area contributed by atoms with Gasteiger partial charge < -0.3 is 10.6 Å². The highest BCUT2D eigenvalue weighted by molar-refractivity contribution is 6.02. The van der Waals surface area contributed by atoms with Crippen LogP contribution >= 0.6 is 0 Å². The van der Waals surface area contributed by atoms with Gasteiger partial charge in [0.05, 0.1) is 16.5 Å². The first kappa shape index (κ1) is 17.8. The van der Waals surface area contributed by atoms with E-state index < -0.39 is 0 Å². The Labute approximate surface area is 167 Å². The Balaban J connectivity index is 1.54. The molecule has 1 atom stereocenters. The normalized spacial score (nSPS) is 16.6. The number of nitrogens with one attached hydrogen (secondary N) is 2. The molecule has 146 valence electrons. The molecule has 6 heteroatoms. The second-order valence-corrected chi connectivity index (χ2v) is 7.59. The number of amides is 1. The van der Waals surface area contributed by atoms with Gasteiger partial charge in [0, 0.05) is 18.8 Å². The molecular formula is C23H22N4O2. The SMILES string of the molecule is O=C(NCCC1CCCN1)c1cccn2c(=O)c3cc4ccccc4cc3nc12. The third kappa shape index (κ3) is 3.25. The van der Waals surface area contributed by atoms with Crippen molar-refractivity contribution in [1.82, 2.24) is 20.0 Å². The van der Waals surface area contributed by atoms with Crippen LogP contribution in [0.1, 0.15) is 29.6 Å². The van der Waals surface area contributed by atoms with Crippen LogP contribution < -0.4 is 16.2 Å². The molecule has 1 saturated heterocycles. The molecule has 1 unspecified atom stereocenters. The van der Waals surface area contributed by atoms with Gasteiger partial charge in [0.2, 0.25) is 0 Å². The first-order valence-electron chi connectivity index (χ1n) is 10.1. The fraction of sp³-hybridized carbons (Fsp3) is 0.261. The molecule has 5 rings (SSSR count).